The van der Waals surface area contributed by atoms with Crippen molar-refractivity contribution in [3.05, 3.63) is 48.0 Å². The van der Waals surface area contributed by atoms with Crippen LogP contribution in [0.1, 0.15) is 36.9 Å². The fraction of sp³-hybridized carbons (Fsp3) is 0.438. The molecule has 0 aliphatic heterocycles. The minimum atomic E-state index is -3.32. The van der Waals surface area contributed by atoms with E-state index in [2.05, 4.69) is 21.0 Å². The van der Waals surface area contributed by atoms with Crippen LogP contribution in [0.4, 0.5) is 0 Å². The largest absolute Gasteiger partial charge is 0.264 e. The van der Waals surface area contributed by atoms with Crippen LogP contribution in [0.5, 0.6) is 0 Å². The molecule has 0 unspecified atom stereocenters. The number of hydrogen-bond donors (Lipinski definition) is 0. The molecule has 2 heterocycles. The normalized spacial score (nSPS) is 11.5. The van der Waals surface area contributed by atoms with Crippen molar-refractivity contribution in [2.45, 2.75) is 43.7 Å². The molecule has 22 heavy (non-hydrogen) atoms. The van der Waals surface area contributed by atoms with Gasteiger partial charge in [-0.3, -0.25) is 4.98 Å². The van der Waals surface area contributed by atoms with Gasteiger partial charge >= 0.3 is 0 Å². The lowest BCUT2D eigenvalue weighted by atomic mass is 10.1. The number of pyridine rings is 1. The summed E-state index contributed by atoms with van der Waals surface area (Å²) in [5, 5.41) is -0.0819. The van der Waals surface area contributed by atoms with Gasteiger partial charge in [-0.05, 0) is 43.4 Å². The zero-order valence-electron chi connectivity index (χ0n) is 12.8. The number of aromatic nitrogens is 3. The summed E-state index contributed by atoms with van der Waals surface area (Å²) < 4.78 is 22.8. The fourth-order valence-electron chi connectivity index (χ4n) is 2.23. The van der Waals surface area contributed by atoms with E-state index in [1.165, 1.54) is 11.8 Å². The molecule has 2 aromatic rings. The summed E-state index contributed by atoms with van der Waals surface area (Å²) in [4.78, 5) is 12.0. The molecule has 0 N–H and O–H groups in total. The molecule has 2 aromatic heterocycles. The van der Waals surface area contributed by atoms with E-state index in [4.69, 9.17) is 0 Å². The minimum absolute atomic E-state index is 0.0819. The van der Waals surface area contributed by atoms with Crippen LogP contribution >= 0.6 is 0 Å². The molecule has 0 radical (unpaired) electrons. The Labute approximate surface area is 131 Å². The Balaban J connectivity index is 1.69. The van der Waals surface area contributed by atoms with Crippen LogP contribution in [-0.4, -0.2) is 29.6 Å². The lowest BCUT2D eigenvalue weighted by Gasteiger charge is -2.03. The average molecular weight is 319 g/mol. The Morgan fingerprint density at radius 2 is 1.77 bits per heavy atom. The van der Waals surface area contributed by atoms with E-state index in [1.54, 1.807) is 12.3 Å². The van der Waals surface area contributed by atoms with E-state index < -0.39 is 9.84 Å². The zero-order chi connectivity index (χ0) is 15.8. The first-order chi connectivity index (χ1) is 10.6. The second-order valence-electron chi connectivity index (χ2n) is 5.38. The number of unbranched alkanes of at least 4 members (excludes halogenated alkanes) is 3. The van der Waals surface area contributed by atoms with Gasteiger partial charge < -0.3 is 0 Å². The number of hydrogen-bond acceptors (Lipinski definition) is 5. The van der Waals surface area contributed by atoms with Crippen LogP contribution in [-0.2, 0) is 22.7 Å². The van der Waals surface area contributed by atoms with Gasteiger partial charge in [0.1, 0.15) is 0 Å². The van der Waals surface area contributed by atoms with E-state index in [1.807, 2.05) is 12.3 Å². The van der Waals surface area contributed by atoms with Gasteiger partial charge in [0, 0.05) is 30.5 Å². The highest BCUT2D eigenvalue weighted by Crippen LogP contribution is 2.10. The highest BCUT2D eigenvalue weighted by molar-refractivity contribution is 7.90. The van der Waals surface area contributed by atoms with Crippen molar-refractivity contribution in [3.8, 4) is 0 Å². The molecule has 2 rings (SSSR count). The third-order valence-corrected chi connectivity index (χ3v) is 4.25. The maximum atomic E-state index is 11.4. The number of rotatable bonds is 8. The molecule has 0 atom stereocenters. The Bertz CT molecular complexity index is 688. The molecule has 0 bridgehead atoms. The second-order valence-corrected chi connectivity index (χ2v) is 7.29. The molecular weight excluding hydrogens is 298 g/mol. The van der Waals surface area contributed by atoms with Crippen LogP contribution in [0.25, 0.3) is 0 Å². The Kier molecular flexibility index (Phi) is 6.00. The molecule has 0 aromatic carbocycles. The van der Waals surface area contributed by atoms with E-state index in [0.29, 0.717) is 0 Å². The molecule has 0 saturated heterocycles. The van der Waals surface area contributed by atoms with Gasteiger partial charge in [0.25, 0.3) is 0 Å². The van der Waals surface area contributed by atoms with E-state index in [9.17, 15) is 8.42 Å². The summed E-state index contributed by atoms with van der Waals surface area (Å²) in [5.41, 5.74) is 2.07. The molecule has 0 spiro atoms. The van der Waals surface area contributed by atoms with Gasteiger partial charge in [-0.15, -0.1) is 0 Å². The van der Waals surface area contributed by atoms with Gasteiger partial charge in [-0.2, -0.15) is 0 Å². The highest BCUT2D eigenvalue weighted by atomic mass is 32.2. The van der Waals surface area contributed by atoms with Crippen molar-refractivity contribution in [3.63, 3.8) is 0 Å². The number of aryl methyl sites for hydroxylation is 2. The predicted octanol–water partition coefficient (Wildman–Crippen LogP) is 2.62. The first-order valence-electron chi connectivity index (χ1n) is 7.46. The van der Waals surface area contributed by atoms with Gasteiger partial charge in [-0.25, -0.2) is 18.4 Å². The van der Waals surface area contributed by atoms with Crippen LogP contribution in [0, 0.1) is 0 Å². The summed E-state index contributed by atoms with van der Waals surface area (Å²) in [7, 11) is -3.32. The first kappa shape index (κ1) is 16.5. The van der Waals surface area contributed by atoms with Gasteiger partial charge in [-0.1, -0.05) is 18.9 Å². The van der Waals surface area contributed by atoms with Gasteiger partial charge in [0.05, 0.1) is 0 Å². The van der Waals surface area contributed by atoms with Crippen molar-refractivity contribution in [2.75, 3.05) is 6.26 Å². The quantitative estimate of drug-likeness (QED) is 0.552. The summed E-state index contributed by atoms with van der Waals surface area (Å²) in [5.74, 6) is 0. The molecule has 6 heteroatoms. The van der Waals surface area contributed by atoms with Crippen LogP contribution in [0.3, 0.4) is 0 Å². The smallest absolute Gasteiger partial charge is 0.246 e. The SMILES string of the molecule is CS(=O)(=O)c1nccc(CCCCCCc2cccnc2)n1. The third kappa shape index (κ3) is 5.52. The first-order valence-corrected chi connectivity index (χ1v) is 9.36. The molecular formula is C16H21N3O2S. The van der Waals surface area contributed by atoms with Crippen molar-refractivity contribution >= 4 is 9.84 Å². The number of sulfone groups is 1. The lowest BCUT2D eigenvalue weighted by molar-refractivity contribution is 0.589. The summed E-state index contributed by atoms with van der Waals surface area (Å²) in [6.45, 7) is 0. The van der Waals surface area contributed by atoms with Crippen molar-refractivity contribution in [1.82, 2.24) is 15.0 Å². The lowest BCUT2D eigenvalue weighted by Crippen LogP contribution is -2.05. The van der Waals surface area contributed by atoms with Crippen molar-refractivity contribution < 1.29 is 8.42 Å². The third-order valence-electron chi connectivity index (χ3n) is 3.39. The molecule has 0 aliphatic carbocycles. The van der Waals surface area contributed by atoms with Crippen molar-refractivity contribution in [2.24, 2.45) is 0 Å². The Morgan fingerprint density at radius 1 is 1.00 bits per heavy atom. The number of nitrogens with zero attached hydrogens (tertiary/aromatic N) is 3. The van der Waals surface area contributed by atoms with Crippen LogP contribution in [0.2, 0.25) is 0 Å². The highest BCUT2D eigenvalue weighted by Gasteiger charge is 2.10. The Morgan fingerprint density at radius 3 is 2.45 bits per heavy atom. The van der Waals surface area contributed by atoms with Crippen molar-refractivity contribution in [1.29, 1.82) is 0 Å². The summed E-state index contributed by atoms with van der Waals surface area (Å²) >= 11 is 0. The van der Waals surface area contributed by atoms with E-state index in [-0.39, 0.29) is 5.16 Å². The monoisotopic (exact) mass is 319 g/mol. The molecule has 0 aliphatic rings. The van der Waals surface area contributed by atoms with Gasteiger partial charge in [0.2, 0.25) is 15.0 Å². The summed E-state index contributed by atoms with van der Waals surface area (Å²) in [6, 6.07) is 5.84. The summed E-state index contributed by atoms with van der Waals surface area (Å²) in [6.07, 6.45) is 12.6. The molecule has 0 saturated carbocycles. The van der Waals surface area contributed by atoms with Crippen LogP contribution in [0.15, 0.2) is 41.9 Å². The standard InChI is InChI=1S/C16H21N3O2S/c1-22(20,21)16-18-12-10-15(19-16)9-5-3-2-4-7-14-8-6-11-17-13-14/h6,8,10-13H,2-5,7,9H2,1H3. The molecule has 0 fully saturated rings. The maximum Gasteiger partial charge on any atom is 0.246 e. The Hall–Kier alpha value is -1.82. The topological polar surface area (TPSA) is 72.8 Å². The predicted molar refractivity (Wildman–Crippen MR) is 85.3 cm³/mol. The fourth-order valence-corrected chi connectivity index (χ4v) is 2.76. The minimum Gasteiger partial charge on any atom is -0.264 e. The second kappa shape index (κ2) is 7.98. The zero-order valence-corrected chi connectivity index (χ0v) is 13.6. The van der Waals surface area contributed by atoms with E-state index in [0.717, 1.165) is 50.5 Å². The molecule has 0 amide bonds. The average Bonchev–Trinajstić information content (AvgIpc) is 2.51. The van der Waals surface area contributed by atoms with Crippen LogP contribution < -0.4 is 0 Å². The van der Waals surface area contributed by atoms with E-state index >= 15 is 0 Å². The molecule has 118 valence electrons. The maximum absolute atomic E-state index is 11.4. The molecule has 5 nitrogen and oxygen atoms in total. The van der Waals surface area contributed by atoms with Gasteiger partial charge in [0.15, 0.2) is 0 Å².